The summed E-state index contributed by atoms with van der Waals surface area (Å²) in [6.07, 6.45) is 5.22. The average molecular weight is 302 g/mol. The third kappa shape index (κ3) is 4.64. The van der Waals surface area contributed by atoms with Gasteiger partial charge in [0.1, 0.15) is 0 Å². The van der Waals surface area contributed by atoms with Crippen LogP contribution in [0.1, 0.15) is 44.2 Å². The maximum Gasteiger partial charge on any atom is 0.0595 e. The van der Waals surface area contributed by atoms with Gasteiger partial charge in [-0.1, -0.05) is 29.3 Å². The van der Waals surface area contributed by atoms with Crippen LogP contribution in [0.3, 0.4) is 0 Å². The van der Waals surface area contributed by atoms with Gasteiger partial charge < -0.3 is 10.1 Å². The van der Waals surface area contributed by atoms with E-state index >= 15 is 0 Å². The van der Waals surface area contributed by atoms with Crippen LogP contribution >= 0.6 is 23.2 Å². The fourth-order valence-corrected chi connectivity index (χ4v) is 2.70. The highest BCUT2D eigenvalue weighted by atomic mass is 35.5. The Bertz CT molecular complexity index is 405. The maximum atomic E-state index is 6.03. The highest BCUT2D eigenvalue weighted by molar-refractivity contribution is 6.42. The number of nitrogens with one attached hydrogen (secondary N) is 1. The third-order valence-electron chi connectivity index (χ3n) is 3.63. The second kappa shape index (κ2) is 7.49. The molecule has 0 amide bonds. The first-order valence-corrected chi connectivity index (χ1v) is 7.72. The maximum absolute atomic E-state index is 6.03. The summed E-state index contributed by atoms with van der Waals surface area (Å²) >= 11 is 12.0. The molecule has 2 nitrogen and oxygen atoms in total. The molecule has 1 aromatic carbocycles. The average Bonchev–Trinajstić information content (AvgIpc) is 2.43. The van der Waals surface area contributed by atoms with E-state index in [4.69, 9.17) is 27.9 Å². The third-order valence-corrected chi connectivity index (χ3v) is 4.37. The van der Waals surface area contributed by atoms with Crippen LogP contribution in [0, 0.1) is 0 Å². The van der Waals surface area contributed by atoms with Gasteiger partial charge in [-0.2, -0.15) is 0 Å². The van der Waals surface area contributed by atoms with Crippen molar-refractivity contribution in [2.45, 2.75) is 44.8 Å². The predicted octanol–water partition coefficient (Wildman–Crippen LogP) is 4.60. The van der Waals surface area contributed by atoms with Crippen LogP contribution in [0.2, 0.25) is 10.0 Å². The number of ether oxygens (including phenoxy) is 1. The Labute approximate surface area is 125 Å². The van der Waals surface area contributed by atoms with Crippen LogP contribution in [0.4, 0.5) is 0 Å². The lowest BCUT2D eigenvalue weighted by molar-refractivity contribution is 0.0112. The molecule has 0 bridgehead atoms. The number of halogens is 2. The minimum absolute atomic E-state index is 0.276. The summed E-state index contributed by atoms with van der Waals surface area (Å²) in [4.78, 5) is 0. The van der Waals surface area contributed by atoms with E-state index < -0.39 is 0 Å². The van der Waals surface area contributed by atoms with Gasteiger partial charge in [0.2, 0.25) is 0 Å². The van der Waals surface area contributed by atoms with Crippen molar-refractivity contribution in [1.82, 2.24) is 5.32 Å². The molecule has 2 rings (SSSR count). The van der Waals surface area contributed by atoms with Gasteiger partial charge in [-0.25, -0.2) is 0 Å². The van der Waals surface area contributed by atoms with Gasteiger partial charge in [-0.15, -0.1) is 0 Å². The molecule has 4 heteroatoms. The lowest BCUT2D eigenvalue weighted by Gasteiger charge is -2.23. The second-order valence-electron chi connectivity index (χ2n) is 5.13. The smallest absolute Gasteiger partial charge is 0.0595 e. The Kier molecular flexibility index (Phi) is 5.96. The summed E-state index contributed by atoms with van der Waals surface area (Å²) in [6.45, 7) is 4.03. The molecule has 106 valence electrons. The normalized spacial score (nSPS) is 21.3. The van der Waals surface area contributed by atoms with Gasteiger partial charge >= 0.3 is 0 Å². The van der Waals surface area contributed by atoms with E-state index in [-0.39, 0.29) is 6.04 Å². The molecule has 1 fully saturated rings. The Morgan fingerprint density at radius 3 is 2.84 bits per heavy atom. The van der Waals surface area contributed by atoms with E-state index in [2.05, 4.69) is 12.2 Å². The van der Waals surface area contributed by atoms with Crippen molar-refractivity contribution < 1.29 is 4.74 Å². The van der Waals surface area contributed by atoms with Gasteiger partial charge in [-0.3, -0.25) is 0 Å². The Morgan fingerprint density at radius 2 is 2.16 bits per heavy atom. The largest absolute Gasteiger partial charge is 0.378 e. The lowest BCUT2D eigenvalue weighted by Crippen LogP contribution is -2.27. The molecule has 0 radical (unpaired) electrons. The predicted molar refractivity (Wildman–Crippen MR) is 81.1 cm³/mol. The fourth-order valence-electron chi connectivity index (χ4n) is 2.40. The highest BCUT2D eigenvalue weighted by Crippen LogP contribution is 2.25. The molecule has 2 unspecified atom stereocenters. The van der Waals surface area contributed by atoms with E-state index in [1.165, 1.54) is 24.8 Å². The molecule has 1 aliphatic heterocycles. The monoisotopic (exact) mass is 301 g/mol. The molecule has 1 saturated heterocycles. The molecule has 0 spiro atoms. The summed E-state index contributed by atoms with van der Waals surface area (Å²) in [5, 5.41) is 4.73. The molecule has 0 aliphatic carbocycles. The summed E-state index contributed by atoms with van der Waals surface area (Å²) in [7, 11) is 0. The van der Waals surface area contributed by atoms with Crippen molar-refractivity contribution in [3.8, 4) is 0 Å². The summed E-state index contributed by atoms with van der Waals surface area (Å²) in [6, 6.07) is 6.07. The zero-order valence-corrected chi connectivity index (χ0v) is 12.8. The van der Waals surface area contributed by atoms with E-state index in [9.17, 15) is 0 Å². The highest BCUT2D eigenvalue weighted by Gasteiger charge is 2.14. The summed E-state index contributed by atoms with van der Waals surface area (Å²) in [5.74, 6) is 0. The van der Waals surface area contributed by atoms with E-state index in [1.807, 2.05) is 18.2 Å². The minimum Gasteiger partial charge on any atom is -0.378 e. The van der Waals surface area contributed by atoms with E-state index in [0.717, 1.165) is 19.6 Å². The second-order valence-corrected chi connectivity index (χ2v) is 5.94. The molecule has 1 aliphatic rings. The molecule has 1 heterocycles. The van der Waals surface area contributed by atoms with Crippen molar-refractivity contribution in [1.29, 1.82) is 0 Å². The van der Waals surface area contributed by atoms with Crippen molar-refractivity contribution in [3.63, 3.8) is 0 Å². The summed E-state index contributed by atoms with van der Waals surface area (Å²) in [5.41, 5.74) is 1.17. The molecule has 19 heavy (non-hydrogen) atoms. The number of rotatable bonds is 5. The standard InChI is InChI=1S/C15H21Cl2NO/c1-11(12-5-6-14(16)15(17)10-12)18-8-7-13-4-2-3-9-19-13/h5-6,10-11,13,18H,2-4,7-9H2,1H3. The quantitative estimate of drug-likeness (QED) is 0.858. The van der Waals surface area contributed by atoms with Crippen molar-refractivity contribution >= 4 is 23.2 Å². The first-order chi connectivity index (χ1) is 9.16. The van der Waals surface area contributed by atoms with E-state index in [1.54, 1.807) is 0 Å². The summed E-state index contributed by atoms with van der Waals surface area (Å²) < 4.78 is 5.72. The molecule has 2 atom stereocenters. The number of benzene rings is 1. The van der Waals surface area contributed by atoms with Gasteiger partial charge in [0.25, 0.3) is 0 Å². The van der Waals surface area contributed by atoms with Crippen molar-refractivity contribution in [2.75, 3.05) is 13.2 Å². The SMILES string of the molecule is CC(NCCC1CCCCO1)c1ccc(Cl)c(Cl)c1. The zero-order valence-electron chi connectivity index (χ0n) is 11.3. The van der Waals surface area contributed by atoms with Crippen LogP contribution in [0.5, 0.6) is 0 Å². The number of hydrogen-bond donors (Lipinski definition) is 1. The topological polar surface area (TPSA) is 21.3 Å². The molecule has 0 aromatic heterocycles. The van der Waals surface area contributed by atoms with Crippen LogP contribution in [-0.4, -0.2) is 19.3 Å². The van der Waals surface area contributed by atoms with Gasteiger partial charge in [0.05, 0.1) is 16.1 Å². The Balaban J connectivity index is 1.76. The zero-order chi connectivity index (χ0) is 13.7. The van der Waals surface area contributed by atoms with Gasteiger partial charge in [-0.05, 0) is 56.8 Å². The van der Waals surface area contributed by atoms with Crippen LogP contribution in [0.15, 0.2) is 18.2 Å². The molecular weight excluding hydrogens is 281 g/mol. The first-order valence-electron chi connectivity index (χ1n) is 6.97. The Morgan fingerprint density at radius 1 is 1.32 bits per heavy atom. The van der Waals surface area contributed by atoms with Crippen LogP contribution in [0.25, 0.3) is 0 Å². The minimum atomic E-state index is 0.276. The van der Waals surface area contributed by atoms with Crippen LogP contribution < -0.4 is 5.32 Å². The number of hydrogen-bond acceptors (Lipinski definition) is 2. The van der Waals surface area contributed by atoms with Gasteiger partial charge in [0.15, 0.2) is 0 Å². The van der Waals surface area contributed by atoms with Crippen LogP contribution in [-0.2, 0) is 4.74 Å². The lowest BCUT2D eigenvalue weighted by atomic mass is 10.1. The molecule has 0 saturated carbocycles. The van der Waals surface area contributed by atoms with Crippen molar-refractivity contribution in [3.05, 3.63) is 33.8 Å². The molecule has 1 aromatic rings. The first kappa shape index (κ1) is 15.1. The van der Waals surface area contributed by atoms with Gasteiger partial charge in [0, 0.05) is 12.6 Å². The Hall–Kier alpha value is -0.280. The molecular formula is C15H21Cl2NO. The van der Waals surface area contributed by atoms with E-state index in [0.29, 0.717) is 16.1 Å². The van der Waals surface area contributed by atoms with Crippen molar-refractivity contribution in [2.24, 2.45) is 0 Å². The fraction of sp³-hybridized carbons (Fsp3) is 0.600. The molecule has 1 N–H and O–H groups in total.